The molecule has 0 radical (unpaired) electrons. The van der Waals surface area contributed by atoms with E-state index in [1.807, 2.05) is 0 Å². The van der Waals surface area contributed by atoms with E-state index < -0.39 is 27.5 Å². The van der Waals surface area contributed by atoms with Gasteiger partial charge in [0.25, 0.3) is 11.5 Å². The summed E-state index contributed by atoms with van der Waals surface area (Å²) in [6.45, 7) is 5.90. The van der Waals surface area contributed by atoms with E-state index in [1.54, 1.807) is 50.4 Å². The number of carbonyl (C=O) groups excluding carboxylic acids is 2. The summed E-state index contributed by atoms with van der Waals surface area (Å²) < 4.78 is 33.0. The second-order valence-corrected chi connectivity index (χ2v) is 11.4. The Balaban J connectivity index is 1.74. The maximum Gasteiger partial charge on any atom is 0.359 e. The van der Waals surface area contributed by atoms with Gasteiger partial charge in [0.05, 0.1) is 22.6 Å². The Bertz CT molecular complexity index is 1690. The van der Waals surface area contributed by atoms with Crippen molar-refractivity contribution in [3.8, 4) is 5.69 Å². The molecule has 1 N–H and O–H groups in total. The number of ether oxygens (including phenoxy) is 1. The highest BCUT2D eigenvalue weighted by atomic mass is 35.5. The third kappa shape index (κ3) is 5.59. The molecule has 1 amide bonds. The number of sulfonamides is 1. The van der Waals surface area contributed by atoms with Crippen LogP contribution in [0.1, 0.15) is 41.6 Å². The van der Waals surface area contributed by atoms with Crippen molar-refractivity contribution in [3.05, 3.63) is 80.5 Å². The average molecular weight is 589 g/mol. The molecule has 0 bridgehead atoms. The lowest BCUT2D eigenvalue weighted by Gasteiger charge is -2.18. The summed E-state index contributed by atoms with van der Waals surface area (Å²) in [6.07, 6.45) is 0. The first-order chi connectivity index (χ1) is 18.6. The largest absolute Gasteiger partial charge is 0.461 e. The van der Waals surface area contributed by atoms with Crippen LogP contribution in [0.4, 0.5) is 5.00 Å². The number of thiophene rings is 1. The Morgan fingerprint density at radius 2 is 1.69 bits per heavy atom. The van der Waals surface area contributed by atoms with E-state index in [2.05, 4.69) is 10.4 Å². The van der Waals surface area contributed by atoms with E-state index in [-0.39, 0.29) is 38.5 Å². The molecule has 13 heteroatoms. The molecule has 39 heavy (non-hydrogen) atoms. The zero-order valence-electron chi connectivity index (χ0n) is 21.3. The lowest BCUT2D eigenvalue weighted by molar-refractivity contribution is 0.0519. The number of amides is 1. The van der Waals surface area contributed by atoms with Gasteiger partial charge in [-0.2, -0.15) is 14.1 Å². The van der Waals surface area contributed by atoms with Gasteiger partial charge in [-0.3, -0.25) is 9.59 Å². The van der Waals surface area contributed by atoms with Gasteiger partial charge in [0, 0.05) is 34.4 Å². The molecule has 0 aliphatic carbocycles. The van der Waals surface area contributed by atoms with Crippen molar-refractivity contribution in [1.29, 1.82) is 0 Å². The number of nitrogens with zero attached hydrogens (tertiary/aromatic N) is 3. The number of halogens is 1. The maximum absolute atomic E-state index is 13.5. The molecular weight excluding hydrogens is 564 g/mol. The highest BCUT2D eigenvalue weighted by molar-refractivity contribution is 7.89. The van der Waals surface area contributed by atoms with E-state index in [1.165, 1.54) is 28.6 Å². The number of carbonyl (C=O) groups is 2. The van der Waals surface area contributed by atoms with Crippen LogP contribution in [0.5, 0.6) is 0 Å². The van der Waals surface area contributed by atoms with Crippen LogP contribution < -0.4 is 10.9 Å². The third-order valence-electron chi connectivity index (χ3n) is 5.88. The monoisotopic (exact) mass is 588 g/mol. The molecule has 0 atom stereocenters. The van der Waals surface area contributed by atoms with Crippen LogP contribution in [0.15, 0.2) is 63.6 Å². The molecule has 0 saturated heterocycles. The number of esters is 1. The molecule has 0 aliphatic heterocycles. The second kappa shape index (κ2) is 11.7. The van der Waals surface area contributed by atoms with Crippen molar-refractivity contribution in [1.82, 2.24) is 14.1 Å². The lowest BCUT2D eigenvalue weighted by Crippen LogP contribution is -2.30. The molecule has 204 valence electrons. The zero-order valence-corrected chi connectivity index (χ0v) is 23.7. The molecule has 0 fully saturated rings. The van der Waals surface area contributed by atoms with Crippen molar-refractivity contribution >= 4 is 60.6 Å². The van der Waals surface area contributed by atoms with Gasteiger partial charge in [-0.1, -0.05) is 25.4 Å². The van der Waals surface area contributed by atoms with E-state index in [9.17, 15) is 22.8 Å². The minimum absolute atomic E-state index is 0.0697. The van der Waals surface area contributed by atoms with Gasteiger partial charge in [-0.05, 0) is 55.5 Å². The van der Waals surface area contributed by atoms with Crippen molar-refractivity contribution in [2.45, 2.75) is 25.7 Å². The average Bonchev–Trinajstić information content (AvgIpc) is 3.34. The van der Waals surface area contributed by atoms with Crippen LogP contribution in [0.3, 0.4) is 0 Å². The number of hydrogen-bond donors (Lipinski definition) is 1. The fraction of sp³-hybridized carbons (Fsp3) is 0.231. The molecule has 0 saturated carbocycles. The fourth-order valence-corrected chi connectivity index (χ4v) is 6.43. The van der Waals surface area contributed by atoms with E-state index in [4.69, 9.17) is 16.3 Å². The minimum atomic E-state index is -3.68. The van der Waals surface area contributed by atoms with Crippen molar-refractivity contribution < 1.29 is 22.7 Å². The molecule has 10 nitrogen and oxygen atoms in total. The molecule has 0 aliphatic rings. The normalized spacial score (nSPS) is 11.6. The van der Waals surface area contributed by atoms with E-state index in [0.29, 0.717) is 23.8 Å². The Kier molecular flexibility index (Phi) is 8.50. The van der Waals surface area contributed by atoms with Gasteiger partial charge in [0.2, 0.25) is 10.0 Å². The third-order valence-corrected chi connectivity index (χ3v) is 9.09. The predicted octanol–water partition coefficient (Wildman–Crippen LogP) is 4.56. The molecular formula is C26H25ClN4O6S2. The molecule has 2 aromatic carbocycles. The number of aromatic nitrogens is 2. The van der Waals surface area contributed by atoms with Gasteiger partial charge in [-0.25, -0.2) is 13.2 Å². The van der Waals surface area contributed by atoms with E-state index in [0.717, 1.165) is 16.0 Å². The first kappa shape index (κ1) is 28.4. The molecule has 4 aromatic rings. The standard InChI is InChI=1S/C26H25ClN4O6S2/c1-4-30(5-2)39(35,36)19-13-7-16(8-14-19)23(32)28-24-21-20(15-38-24)22(26(34)37-6-3)29-31(25(21)33)18-11-9-17(27)10-12-18/h7-15H,4-6H2,1-3H3,(H,28,32). The Labute approximate surface area is 233 Å². The van der Waals surface area contributed by atoms with Gasteiger partial charge in [0.15, 0.2) is 5.69 Å². The number of anilines is 1. The summed E-state index contributed by atoms with van der Waals surface area (Å²) in [5, 5.41) is 9.51. The lowest BCUT2D eigenvalue weighted by atomic mass is 10.2. The second-order valence-electron chi connectivity index (χ2n) is 8.18. The van der Waals surface area contributed by atoms with Crippen molar-refractivity contribution in [2.24, 2.45) is 0 Å². The van der Waals surface area contributed by atoms with Gasteiger partial charge >= 0.3 is 5.97 Å². The van der Waals surface area contributed by atoms with Crippen LogP contribution >= 0.6 is 22.9 Å². The quantitative estimate of drug-likeness (QED) is 0.284. The molecule has 2 heterocycles. The van der Waals surface area contributed by atoms with E-state index >= 15 is 0 Å². The minimum Gasteiger partial charge on any atom is -0.461 e. The van der Waals surface area contributed by atoms with Gasteiger partial charge in [0.1, 0.15) is 5.00 Å². The molecule has 0 spiro atoms. The topological polar surface area (TPSA) is 128 Å². The Morgan fingerprint density at radius 1 is 1.05 bits per heavy atom. The molecule has 0 unspecified atom stereocenters. The predicted molar refractivity (Wildman–Crippen MR) is 151 cm³/mol. The molecule has 4 rings (SSSR count). The van der Waals surface area contributed by atoms with Crippen LogP contribution in [-0.2, 0) is 14.8 Å². The zero-order chi connectivity index (χ0) is 28.3. The van der Waals surface area contributed by atoms with Crippen LogP contribution in [-0.4, -0.2) is 54.1 Å². The Morgan fingerprint density at radius 3 is 2.28 bits per heavy atom. The number of nitrogens with one attached hydrogen (secondary N) is 1. The number of benzene rings is 2. The summed E-state index contributed by atoms with van der Waals surface area (Å²) in [5.74, 6) is -1.27. The summed E-state index contributed by atoms with van der Waals surface area (Å²) in [7, 11) is -3.68. The van der Waals surface area contributed by atoms with Crippen LogP contribution in [0.2, 0.25) is 5.02 Å². The summed E-state index contributed by atoms with van der Waals surface area (Å²) >= 11 is 7.04. The first-order valence-corrected chi connectivity index (χ1v) is 14.7. The van der Waals surface area contributed by atoms with Gasteiger partial charge < -0.3 is 10.1 Å². The number of rotatable bonds is 9. The fourth-order valence-electron chi connectivity index (χ4n) is 3.92. The van der Waals surface area contributed by atoms with Crippen molar-refractivity contribution in [3.63, 3.8) is 0 Å². The smallest absolute Gasteiger partial charge is 0.359 e. The first-order valence-electron chi connectivity index (χ1n) is 12.0. The summed E-state index contributed by atoms with van der Waals surface area (Å²) in [4.78, 5) is 39.4. The highest BCUT2D eigenvalue weighted by Crippen LogP contribution is 2.31. The van der Waals surface area contributed by atoms with Gasteiger partial charge in [-0.15, -0.1) is 11.3 Å². The highest BCUT2D eigenvalue weighted by Gasteiger charge is 2.24. The Hall–Kier alpha value is -3.58. The van der Waals surface area contributed by atoms with Crippen LogP contribution in [0, 0.1) is 0 Å². The maximum atomic E-state index is 13.5. The summed E-state index contributed by atoms with van der Waals surface area (Å²) in [5.41, 5.74) is -0.0835. The number of hydrogen-bond acceptors (Lipinski definition) is 8. The van der Waals surface area contributed by atoms with Crippen LogP contribution in [0.25, 0.3) is 16.5 Å². The number of fused-ring (bicyclic) bond motifs is 1. The van der Waals surface area contributed by atoms with Crippen molar-refractivity contribution in [2.75, 3.05) is 25.0 Å². The summed E-state index contributed by atoms with van der Waals surface area (Å²) in [6, 6.07) is 11.9. The molecule has 2 aromatic heterocycles. The SMILES string of the molecule is CCOC(=O)c1nn(-c2ccc(Cl)cc2)c(=O)c2c(NC(=O)c3ccc(S(=O)(=O)N(CC)CC)cc3)scc12.